The molecule has 1 rings (SSSR count). The van der Waals surface area contributed by atoms with Gasteiger partial charge in [-0.25, -0.2) is 4.98 Å². The van der Waals surface area contributed by atoms with Crippen molar-refractivity contribution >= 4 is 17.1 Å². The Kier molecular flexibility index (Phi) is 5.68. The Bertz CT molecular complexity index is 428. The zero-order valence-corrected chi connectivity index (χ0v) is 13.9. The highest BCUT2D eigenvalue weighted by Crippen LogP contribution is 2.30. The molecule has 0 aliphatic rings. The third kappa shape index (κ3) is 4.39. The molecule has 0 saturated heterocycles. The van der Waals surface area contributed by atoms with Crippen LogP contribution < -0.4 is 0 Å². The molecule has 0 radical (unpaired) electrons. The standard InChI is InChI=1S/C15H26N2OS/c1-7-17(8-2)10-9-12-16-14(15(4,5)6)13(19-12)11(3)18/h7-10H2,1-6H3. The van der Waals surface area contributed by atoms with E-state index in [0.717, 1.165) is 41.6 Å². The fraction of sp³-hybridized carbons (Fsp3) is 0.733. The Morgan fingerprint density at radius 2 is 1.84 bits per heavy atom. The molecule has 0 bridgehead atoms. The normalized spacial score (nSPS) is 12.2. The Labute approximate surface area is 121 Å². The summed E-state index contributed by atoms with van der Waals surface area (Å²) in [5.41, 5.74) is 0.893. The van der Waals surface area contributed by atoms with E-state index < -0.39 is 0 Å². The van der Waals surface area contributed by atoms with Crippen LogP contribution in [0.4, 0.5) is 0 Å². The van der Waals surface area contributed by atoms with Gasteiger partial charge in [0.05, 0.1) is 15.6 Å². The molecular formula is C15H26N2OS. The van der Waals surface area contributed by atoms with Crippen molar-refractivity contribution in [2.45, 2.75) is 53.4 Å². The van der Waals surface area contributed by atoms with E-state index in [1.165, 1.54) is 0 Å². The predicted octanol–water partition coefficient (Wildman–Crippen LogP) is 3.53. The van der Waals surface area contributed by atoms with Gasteiger partial charge in [-0.2, -0.15) is 0 Å². The van der Waals surface area contributed by atoms with Gasteiger partial charge in [0.2, 0.25) is 0 Å². The topological polar surface area (TPSA) is 33.2 Å². The Morgan fingerprint density at radius 1 is 1.26 bits per heavy atom. The molecule has 0 aliphatic heterocycles. The number of Topliss-reactive ketones (excluding diaryl/α,β-unsaturated/α-hetero) is 1. The molecule has 0 atom stereocenters. The molecule has 19 heavy (non-hydrogen) atoms. The summed E-state index contributed by atoms with van der Waals surface area (Å²) in [7, 11) is 0. The number of ketones is 1. The summed E-state index contributed by atoms with van der Waals surface area (Å²) in [5, 5.41) is 1.09. The third-order valence-corrected chi connectivity index (χ3v) is 4.45. The molecule has 0 amide bonds. The summed E-state index contributed by atoms with van der Waals surface area (Å²) in [4.78, 5) is 19.7. The second-order valence-electron chi connectivity index (χ2n) is 5.87. The van der Waals surface area contributed by atoms with Crippen LogP contribution in [0.5, 0.6) is 0 Å². The van der Waals surface area contributed by atoms with Crippen LogP contribution >= 0.6 is 11.3 Å². The maximum absolute atomic E-state index is 11.7. The lowest BCUT2D eigenvalue weighted by atomic mass is 9.91. The molecule has 4 heteroatoms. The Balaban J connectivity index is 2.90. The summed E-state index contributed by atoms with van der Waals surface area (Å²) in [5.74, 6) is 0.136. The maximum Gasteiger partial charge on any atom is 0.171 e. The lowest BCUT2D eigenvalue weighted by Gasteiger charge is -2.17. The molecule has 0 unspecified atom stereocenters. The van der Waals surface area contributed by atoms with Crippen molar-refractivity contribution in [1.82, 2.24) is 9.88 Å². The molecule has 1 heterocycles. The van der Waals surface area contributed by atoms with Gasteiger partial charge in [-0.1, -0.05) is 34.6 Å². The van der Waals surface area contributed by atoms with Crippen molar-refractivity contribution in [2.75, 3.05) is 19.6 Å². The second kappa shape index (κ2) is 6.62. The summed E-state index contributed by atoms with van der Waals surface area (Å²) < 4.78 is 0. The zero-order chi connectivity index (χ0) is 14.6. The minimum atomic E-state index is -0.0645. The van der Waals surface area contributed by atoms with E-state index in [1.54, 1.807) is 18.3 Å². The van der Waals surface area contributed by atoms with Crippen LogP contribution in [0.3, 0.4) is 0 Å². The van der Waals surface area contributed by atoms with Crippen molar-refractivity contribution in [3.63, 3.8) is 0 Å². The smallest absolute Gasteiger partial charge is 0.171 e. The number of nitrogens with zero attached hydrogens (tertiary/aromatic N) is 2. The van der Waals surface area contributed by atoms with E-state index in [-0.39, 0.29) is 11.2 Å². The lowest BCUT2D eigenvalue weighted by Crippen LogP contribution is -2.25. The fourth-order valence-corrected chi connectivity index (χ4v) is 3.17. The lowest BCUT2D eigenvalue weighted by molar-refractivity contribution is 0.101. The zero-order valence-electron chi connectivity index (χ0n) is 13.0. The van der Waals surface area contributed by atoms with E-state index in [0.29, 0.717) is 0 Å². The monoisotopic (exact) mass is 282 g/mol. The van der Waals surface area contributed by atoms with Crippen LogP contribution in [0.1, 0.15) is 61.9 Å². The molecule has 1 aromatic rings. The predicted molar refractivity (Wildman–Crippen MR) is 82.3 cm³/mol. The molecule has 0 aliphatic carbocycles. The first-order valence-electron chi connectivity index (χ1n) is 7.03. The van der Waals surface area contributed by atoms with Gasteiger partial charge >= 0.3 is 0 Å². The van der Waals surface area contributed by atoms with Crippen molar-refractivity contribution in [3.8, 4) is 0 Å². The quantitative estimate of drug-likeness (QED) is 0.748. The number of carbonyl (C=O) groups is 1. The minimum Gasteiger partial charge on any atom is -0.303 e. The Hall–Kier alpha value is -0.740. The first-order valence-corrected chi connectivity index (χ1v) is 7.84. The molecular weight excluding hydrogens is 256 g/mol. The van der Waals surface area contributed by atoms with Crippen molar-refractivity contribution < 1.29 is 4.79 Å². The van der Waals surface area contributed by atoms with Crippen LogP contribution in [0.2, 0.25) is 0 Å². The summed E-state index contributed by atoms with van der Waals surface area (Å²) in [6.45, 7) is 15.5. The summed E-state index contributed by atoms with van der Waals surface area (Å²) in [6.07, 6.45) is 0.933. The highest BCUT2D eigenvalue weighted by atomic mass is 32.1. The van der Waals surface area contributed by atoms with Crippen molar-refractivity contribution in [3.05, 3.63) is 15.6 Å². The average molecular weight is 282 g/mol. The number of likely N-dealkylation sites (N-methyl/N-ethyl adjacent to an activating group) is 1. The van der Waals surface area contributed by atoms with Gasteiger partial charge in [0.1, 0.15) is 0 Å². The van der Waals surface area contributed by atoms with E-state index in [1.807, 2.05) is 0 Å². The number of thiazole rings is 1. The van der Waals surface area contributed by atoms with Crippen LogP contribution in [0, 0.1) is 0 Å². The van der Waals surface area contributed by atoms with Gasteiger partial charge < -0.3 is 4.90 Å². The number of hydrogen-bond acceptors (Lipinski definition) is 4. The van der Waals surface area contributed by atoms with Crippen molar-refractivity contribution in [2.24, 2.45) is 0 Å². The number of hydrogen-bond donors (Lipinski definition) is 0. The second-order valence-corrected chi connectivity index (χ2v) is 6.95. The first kappa shape index (κ1) is 16.3. The van der Waals surface area contributed by atoms with Crippen LogP contribution in [-0.4, -0.2) is 35.3 Å². The van der Waals surface area contributed by atoms with Crippen LogP contribution in [0.25, 0.3) is 0 Å². The van der Waals surface area contributed by atoms with Gasteiger partial charge in [-0.15, -0.1) is 11.3 Å². The molecule has 0 N–H and O–H groups in total. The highest BCUT2D eigenvalue weighted by Gasteiger charge is 2.25. The fourth-order valence-electron chi connectivity index (χ4n) is 2.01. The molecule has 0 fully saturated rings. The number of aromatic nitrogens is 1. The maximum atomic E-state index is 11.7. The van der Waals surface area contributed by atoms with Crippen molar-refractivity contribution in [1.29, 1.82) is 0 Å². The summed E-state index contributed by atoms with van der Waals surface area (Å²) in [6, 6.07) is 0. The highest BCUT2D eigenvalue weighted by molar-refractivity contribution is 7.13. The Morgan fingerprint density at radius 3 is 2.21 bits per heavy atom. The molecule has 3 nitrogen and oxygen atoms in total. The average Bonchev–Trinajstić information content (AvgIpc) is 2.74. The van der Waals surface area contributed by atoms with E-state index in [9.17, 15) is 4.79 Å². The molecule has 108 valence electrons. The van der Waals surface area contributed by atoms with Gasteiger partial charge in [0, 0.05) is 25.3 Å². The van der Waals surface area contributed by atoms with Crippen LogP contribution in [-0.2, 0) is 11.8 Å². The van der Waals surface area contributed by atoms with Gasteiger partial charge in [0.15, 0.2) is 5.78 Å². The molecule has 0 aromatic carbocycles. The molecule has 0 saturated carbocycles. The van der Waals surface area contributed by atoms with Gasteiger partial charge in [-0.05, 0) is 13.1 Å². The van der Waals surface area contributed by atoms with Crippen LogP contribution in [0.15, 0.2) is 0 Å². The van der Waals surface area contributed by atoms with Gasteiger partial charge in [-0.3, -0.25) is 4.79 Å². The number of rotatable bonds is 6. The molecule has 0 spiro atoms. The van der Waals surface area contributed by atoms with E-state index in [4.69, 9.17) is 4.98 Å². The first-order chi connectivity index (χ1) is 8.79. The van der Waals surface area contributed by atoms with Gasteiger partial charge in [0.25, 0.3) is 0 Å². The molecule has 1 aromatic heterocycles. The largest absolute Gasteiger partial charge is 0.303 e. The third-order valence-electron chi connectivity index (χ3n) is 3.24. The minimum absolute atomic E-state index is 0.0645. The van der Waals surface area contributed by atoms with E-state index >= 15 is 0 Å². The SMILES string of the molecule is CCN(CC)CCc1nc(C(C)(C)C)c(C(C)=O)s1. The number of carbonyl (C=O) groups excluding carboxylic acids is 1. The summed E-state index contributed by atoms with van der Waals surface area (Å²) >= 11 is 1.57. The van der Waals surface area contributed by atoms with E-state index in [2.05, 4.69) is 39.5 Å².